The summed E-state index contributed by atoms with van der Waals surface area (Å²) in [5, 5.41) is 2.97. The first-order valence-electron chi connectivity index (χ1n) is 12.6. The molecule has 10 heteroatoms. The number of halogens is 1. The molecule has 1 N–H and O–H groups in total. The second-order valence-electron chi connectivity index (χ2n) is 10.1. The van der Waals surface area contributed by atoms with Crippen LogP contribution in [-0.2, 0) is 16.1 Å². The summed E-state index contributed by atoms with van der Waals surface area (Å²) in [4.78, 5) is 49.2. The van der Waals surface area contributed by atoms with Gasteiger partial charge in [0.25, 0.3) is 5.91 Å². The van der Waals surface area contributed by atoms with E-state index >= 15 is 0 Å². The first kappa shape index (κ1) is 23.4. The second-order valence-corrected chi connectivity index (χ2v) is 10.5. The molecule has 6 rings (SSSR count). The normalized spacial score (nSPS) is 27.0. The van der Waals surface area contributed by atoms with Gasteiger partial charge in [0.05, 0.1) is 10.7 Å². The fourth-order valence-corrected chi connectivity index (χ4v) is 6.27. The molecule has 9 nitrogen and oxygen atoms in total. The summed E-state index contributed by atoms with van der Waals surface area (Å²) in [6.07, 6.45) is 8.25. The molecule has 36 heavy (non-hydrogen) atoms. The summed E-state index contributed by atoms with van der Waals surface area (Å²) in [7, 11) is 0. The highest BCUT2D eigenvalue weighted by Gasteiger charge is 2.41. The Bertz CT molecular complexity index is 1220. The maximum Gasteiger partial charge on any atom is 0.255 e. The van der Waals surface area contributed by atoms with E-state index in [4.69, 9.17) is 16.3 Å². The van der Waals surface area contributed by atoms with E-state index in [1.165, 1.54) is 6.42 Å². The van der Waals surface area contributed by atoms with E-state index in [2.05, 4.69) is 20.2 Å². The van der Waals surface area contributed by atoms with Gasteiger partial charge in [-0.25, -0.2) is 9.97 Å². The minimum Gasteiger partial charge on any atom is -0.489 e. The maximum absolute atomic E-state index is 13.0. The minimum absolute atomic E-state index is 0.0713. The van der Waals surface area contributed by atoms with E-state index < -0.39 is 11.9 Å². The molecule has 1 aliphatic carbocycles. The van der Waals surface area contributed by atoms with Crippen LogP contribution >= 0.6 is 11.6 Å². The van der Waals surface area contributed by atoms with Crippen LogP contribution < -0.4 is 10.1 Å². The maximum atomic E-state index is 13.0. The Morgan fingerprint density at radius 1 is 1.08 bits per heavy atom. The van der Waals surface area contributed by atoms with Crippen LogP contribution in [-0.4, -0.2) is 68.8 Å². The third-order valence-electron chi connectivity index (χ3n) is 7.91. The first-order chi connectivity index (χ1) is 17.5. The van der Waals surface area contributed by atoms with E-state index in [1.807, 2.05) is 12.1 Å². The number of aromatic nitrogens is 2. The highest BCUT2D eigenvalue weighted by Crippen LogP contribution is 2.37. The number of ether oxygens (including phenoxy) is 1. The highest BCUT2D eigenvalue weighted by molar-refractivity contribution is 6.31. The van der Waals surface area contributed by atoms with Crippen molar-refractivity contribution < 1.29 is 19.1 Å². The molecular formula is C26H28ClN5O4. The Morgan fingerprint density at radius 3 is 2.72 bits per heavy atom. The van der Waals surface area contributed by atoms with Crippen molar-refractivity contribution in [2.24, 2.45) is 0 Å². The molecule has 3 amide bonds. The number of hydrogen-bond donors (Lipinski definition) is 1. The first-order valence-corrected chi connectivity index (χ1v) is 13.0. The Balaban J connectivity index is 1.12. The third kappa shape index (κ3) is 4.24. The van der Waals surface area contributed by atoms with Gasteiger partial charge in [-0.3, -0.25) is 24.6 Å². The van der Waals surface area contributed by atoms with Gasteiger partial charge in [-0.1, -0.05) is 18.0 Å². The molecule has 4 aliphatic rings. The predicted octanol–water partition coefficient (Wildman–Crippen LogP) is 2.68. The van der Waals surface area contributed by atoms with E-state index in [0.29, 0.717) is 35.5 Å². The number of amides is 3. The van der Waals surface area contributed by atoms with Gasteiger partial charge in [-0.2, -0.15) is 0 Å². The Hall–Kier alpha value is -3.04. The summed E-state index contributed by atoms with van der Waals surface area (Å²) in [6, 6.07) is 5.30. The van der Waals surface area contributed by atoms with Gasteiger partial charge >= 0.3 is 0 Å². The van der Waals surface area contributed by atoms with Crippen molar-refractivity contribution in [1.82, 2.24) is 25.1 Å². The van der Waals surface area contributed by atoms with Crippen LogP contribution in [0.1, 0.15) is 66.1 Å². The summed E-state index contributed by atoms with van der Waals surface area (Å²) in [5.41, 5.74) is 2.37. The van der Waals surface area contributed by atoms with Gasteiger partial charge in [-0.15, -0.1) is 0 Å². The molecule has 0 bridgehead atoms. The molecule has 1 aromatic heterocycles. The molecule has 3 fully saturated rings. The fraction of sp³-hybridized carbons (Fsp3) is 0.500. The van der Waals surface area contributed by atoms with Gasteiger partial charge in [0.15, 0.2) is 0 Å². The smallest absolute Gasteiger partial charge is 0.255 e. The number of nitrogens with one attached hydrogen (secondary N) is 1. The summed E-state index contributed by atoms with van der Waals surface area (Å²) in [6.45, 7) is 2.15. The lowest BCUT2D eigenvalue weighted by Crippen LogP contribution is -2.57. The zero-order chi connectivity index (χ0) is 24.8. The number of rotatable bonds is 5. The molecule has 0 radical (unpaired) electrons. The highest BCUT2D eigenvalue weighted by atomic mass is 35.5. The van der Waals surface area contributed by atoms with Crippen molar-refractivity contribution in [2.75, 3.05) is 13.1 Å². The summed E-state index contributed by atoms with van der Waals surface area (Å²) >= 11 is 6.30. The predicted molar refractivity (Wildman–Crippen MR) is 131 cm³/mol. The van der Waals surface area contributed by atoms with Gasteiger partial charge in [-0.05, 0) is 49.4 Å². The van der Waals surface area contributed by atoms with E-state index in [0.717, 1.165) is 49.4 Å². The van der Waals surface area contributed by atoms with Crippen molar-refractivity contribution in [2.45, 2.75) is 69.2 Å². The number of carbonyl (C=O) groups is 3. The van der Waals surface area contributed by atoms with Crippen LogP contribution in [0.4, 0.5) is 0 Å². The van der Waals surface area contributed by atoms with Crippen molar-refractivity contribution in [1.29, 1.82) is 0 Å². The molecule has 2 aromatic rings. The molecule has 188 valence electrons. The molecule has 2 saturated heterocycles. The van der Waals surface area contributed by atoms with Crippen LogP contribution in [0.25, 0.3) is 0 Å². The third-order valence-corrected chi connectivity index (χ3v) is 8.20. The molecular weight excluding hydrogens is 482 g/mol. The van der Waals surface area contributed by atoms with Crippen LogP contribution in [0, 0.1) is 0 Å². The average molecular weight is 510 g/mol. The van der Waals surface area contributed by atoms with Crippen LogP contribution in [0.2, 0.25) is 5.02 Å². The van der Waals surface area contributed by atoms with Gasteiger partial charge in [0.1, 0.15) is 24.2 Å². The van der Waals surface area contributed by atoms with Gasteiger partial charge < -0.3 is 9.64 Å². The van der Waals surface area contributed by atoms with Crippen molar-refractivity contribution >= 4 is 29.3 Å². The molecule has 3 atom stereocenters. The van der Waals surface area contributed by atoms with E-state index in [1.54, 1.807) is 23.5 Å². The van der Waals surface area contributed by atoms with Gasteiger partial charge in [0, 0.05) is 49.8 Å². The Labute approximate surface area is 214 Å². The lowest BCUT2D eigenvalue weighted by molar-refractivity contribution is -0.136. The average Bonchev–Trinajstić information content (AvgIpc) is 3.16. The molecule has 0 spiro atoms. The van der Waals surface area contributed by atoms with Crippen molar-refractivity contribution in [3.63, 3.8) is 0 Å². The number of piperidine rings is 1. The minimum atomic E-state index is -0.613. The van der Waals surface area contributed by atoms with Crippen molar-refractivity contribution in [3.05, 3.63) is 52.6 Å². The Kier molecular flexibility index (Phi) is 6.13. The van der Waals surface area contributed by atoms with Crippen LogP contribution in [0.5, 0.6) is 5.75 Å². The topological polar surface area (TPSA) is 105 Å². The molecule has 4 heterocycles. The molecule has 3 aliphatic heterocycles. The lowest BCUT2D eigenvalue weighted by Gasteiger charge is -2.48. The number of nitrogens with zero attached hydrogens (tertiary/aromatic N) is 4. The Morgan fingerprint density at radius 2 is 1.92 bits per heavy atom. The monoisotopic (exact) mass is 509 g/mol. The van der Waals surface area contributed by atoms with Crippen LogP contribution in [0.3, 0.4) is 0 Å². The summed E-state index contributed by atoms with van der Waals surface area (Å²) < 4.78 is 6.52. The zero-order valence-corrected chi connectivity index (χ0v) is 20.6. The molecule has 0 unspecified atom stereocenters. The number of benzene rings is 1. The number of carbonyl (C=O) groups excluding carboxylic acids is 3. The second kappa shape index (κ2) is 9.44. The largest absolute Gasteiger partial charge is 0.489 e. The standard InChI is InChI=1S/C26H28ClN5O4/c27-19-10-28-14-29-24(19)16-11-31(12-16)20-3-1-2-4-22(20)36-17-5-6-18-15(9-17)13-32(26(18)35)21-7-8-23(33)30-25(21)34/h5-6,9-10,14,16,20-22H,1-4,7-8,11-13H2,(H,30,33,34)/t20-,21+,22-/m0/s1. The molecule has 1 aromatic carbocycles. The number of fused-ring (bicyclic) bond motifs is 1. The fourth-order valence-electron chi connectivity index (χ4n) is 6.01. The SMILES string of the molecule is O=C1CC[C@@H](N2Cc3cc(O[C@H]4CCCC[C@@H]4N4CC(c5ncncc5Cl)C4)ccc3C2=O)C(=O)N1. The van der Waals surface area contributed by atoms with E-state index in [9.17, 15) is 14.4 Å². The zero-order valence-electron chi connectivity index (χ0n) is 19.9. The number of imide groups is 1. The number of hydrogen-bond acceptors (Lipinski definition) is 7. The van der Waals surface area contributed by atoms with Crippen molar-refractivity contribution in [3.8, 4) is 5.75 Å². The number of likely N-dealkylation sites (tertiary alicyclic amines) is 1. The van der Waals surface area contributed by atoms with E-state index in [-0.39, 0.29) is 24.3 Å². The molecule has 1 saturated carbocycles. The lowest BCUT2D eigenvalue weighted by atomic mass is 9.85. The van der Waals surface area contributed by atoms with Gasteiger partial charge in [0.2, 0.25) is 11.8 Å². The van der Waals surface area contributed by atoms with Crippen LogP contribution in [0.15, 0.2) is 30.7 Å². The quantitative estimate of drug-likeness (QED) is 0.618. The summed E-state index contributed by atoms with van der Waals surface area (Å²) in [5.74, 6) is 0.209.